The average molecular weight is 512 g/mol. The minimum atomic E-state index is -3.60. The lowest BCUT2D eigenvalue weighted by atomic mass is 10.1. The Labute approximate surface area is 207 Å². The maximum Gasteiger partial charge on any atom is 0.240 e. The molecule has 35 heavy (non-hydrogen) atoms. The predicted octanol–water partition coefficient (Wildman–Crippen LogP) is 1.19. The molecular weight excluding hydrogens is 474 g/mol. The number of carbonyl (C=O) groups excluding carboxylic acids is 4. The number of hydrogen-bond donors (Lipinski definition) is 2. The second-order valence-corrected chi connectivity index (χ2v) is 12.5. The first-order valence-electron chi connectivity index (χ1n) is 12.4. The van der Waals surface area contributed by atoms with Crippen LogP contribution >= 0.6 is 0 Å². The first kappa shape index (κ1) is 27.3. The van der Waals surface area contributed by atoms with Gasteiger partial charge in [-0.3, -0.25) is 23.9 Å². The standard InChI is InChI=1S/C24H37N3O7S/c1-4-18(13-21(29)27-14-17(28)12-20(27)22(25)30)34-15(2)7-5-6-8-16-11-19(16)23(31)26-35(32,33)24(3)9-10-24/h6,8,15-16,18-20H,4-5,7,9-14H2,1-3H3,(H2,25,30)(H,26,31). The molecule has 11 heteroatoms. The molecule has 3 N–H and O–H groups in total. The van der Waals surface area contributed by atoms with Gasteiger partial charge in [-0.1, -0.05) is 19.1 Å². The summed E-state index contributed by atoms with van der Waals surface area (Å²) in [4.78, 5) is 49.3. The van der Waals surface area contributed by atoms with Gasteiger partial charge in [0.2, 0.25) is 27.7 Å². The van der Waals surface area contributed by atoms with Gasteiger partial charge in [-0.05, 0) is 58.3 Å². The number of primary amides is 1. The molecule has 3 aliphatic rings. The predicted molar refractivity (Wildman–Crippen MR) is 128 cm³/mol. The fourth-order valence-corrected chi connectivity index (χ4v) is 5.61. The Hall–Kier alpha value is -2.27. The topological polar surface area (TPSA) is 153 Å². The fourth-order valence-electron chi connectivity index (χ4n) is 4.31. The number of Topliss-reactive ketones (excluding diaryl/α,β-unsaturated/α-hetero) is 1. The van der Waals surface area contributed by atoms with Gasteiger partial charge in [-0.15, -0.1) is 0 Å². The number of ketones is 1. The molecule has 1 aliphatic heterocycles. The zero-order chi connectivity index (χ0) is 26.0. The van der Waals surface area contributed by atoms with Crippen LogP contribution in [0.4, 0.5) is 0 Å². The van der Waals surface area contributed by atoms with Crippen LogP contribution in [-0.2, 0) is 33.9 Å². The number of sulfonamides is 1. The smallest absolute Gasteiger partial charge is 0.240 e. The number of allylic oxidation sites excluding steroid dienone is 2. The van der Waals surface area contributed by atoms with E-state index in [0.29, 0.717) is 32.1 Å². The molecule has 0 aromatic rings. The van der Waals surface area contributed by atoms with Crippen LogP contribution in [0.3, 0.4) is 0 Å². The van der Waals surface area contributed by atoms with Crippen molar-refractivity contribution in [3.63, 3.8) is 0 Å². The molecule has 3 rings (SSSR count). The molecular formula is C24H37N3O7S. The fraction of sp³-hybridized carbons (Fsp3) is 0.750. The third-order valence-electron chi connectivity index (χ3n) is 7.21. The van der Waals surface area contributed by atoms with Gasteiger partial charge >= 0.3 is 0 Å². The molecule has 2 saturated carbocycles. The summed E-state index contributed by atoms with van der Waals surface area (Å²) in [5.74, 6) is -1.82. The Balaban J connectivity index is 1.37. The summed E-state index contributed by atoms with van der Waals surface area (Å²) < 4.78 is 31.8. The number of carbonyl (C=O) groups is 4. The summed E-state index contributed by atoms with van der Waals surface area (Å²) in [6, 6.07) is -0.875. The van der Waals surface area contributed by atoms with E-state index in [0.717, 1.165) is 6.42 Å². The van der Waals surface area contributed by atoms with E-state index in [2.05, 4.69) is 4.72 Å². The van der Waals surface area contributed by atoms with Crippen molar-refractivity contribution in [2.45, 2.75) is 95.1 Å². The van der Waals surface area contributed by atoms with Gasteiger partial charge in [-0.2, -0.15) is 0 Å². The van der Waals surface area contributed by atoms with Crippen LogP contribution in [0.1, 0.15) is 72.1 Å². The number of nitrogens with one attached hydrogen (secondary N) is 1. The van der Waals surface area contributed by atoms with E-state index in [1.54, 1.807) is 6.92 Å². The highest BCUT2D eigenvalue weighted by Crippen LogP contribution is 2.44. The van der Waals surface area contributed by atoms with Crippen molar-refractivity contribution in [3.8, 4) is 0 Å². The van der Waals surface area contributed by atoms with Crippen LogP contribution in [-0.4, -0.2) is 66.4 Å². The van der Waals surface area contributed by atoms with Gasteiger partial charge in [0, 0.05) is 12.3 Å². The molecule has 0 radical (unpaired) electrons. The molecule has 196 valence electrons. The third kappa shape index (κ3) is 6.91. The Kier molecular flexibility index (Phi) is 8.41. The molecule has 3 amide bonds. The number of nitrogens with two attached hydrogens (primary N) is 1. The zero-order valence-corrected chi connectivity index (χ0v) is 21.5. The SMILES string of the molecule is CCC(CC(=O)N1CC(=O)CC1C(N)=O)OC(C)CCC=CC1CC1C(=O)NS(=O)(=O)C1(C)CC1. The maximum absolute atomic E-state index is 12.6. The highest BCUT2D eigenvalue weighted by molar-refractivity contribution is 7.91. The van der Waals surface area contributed by atoms with Crippen molar-refractivity contribution in [2.24, 2.45) is 17.6 Å². The summed E-state index contributed by atoms with van der Waals surface area (Å²) in [7, 11) is -3.60. The second-order valence-electron chi connectivity index (χ2n) is 10.3. The molecule has 10 nitrogen and oxygen atoms in total. The van der Waals surface area contributed by atoms with E-state index in [1.807, 2.05) is 26.0 Å². The summed E-state index contributed by atoms with van der Waals surface area (Å²) >= 11 is 0. The van der Waals surface area contributed by atoms with Crippen LogP contribution in [0, 0.1) is 11.8 Å². The van der Waals surface area contributed by atoms with Crippen molar-refractivity contribution in [3.05, 3.63) is 12.2 Å². The molecule has 0 spiro atoms. The highest BCUT2D eigenvalue weighted by Gasteiger charge is 2.52. The Morgan fingerprint density at radius 3 is 2.60 bits per heavy atom. The van der Waals surface area contributed by atoms with E-state index in [4.69, 9.17) is 10.5 Å². The average Bonchev–Trinajstić information content (AvgIpc) is 3.68. The van der Waals surface area contributed by atoms with Crippen LogP contribution in [0.2, 0.25) is 0 Å². The number of amides is 3. The summed E-state index contributed by atoms with van der Waals surface area (Å²) in [5, 5.41) is 0. The second kappa shape index (κ2) is 10.8. The Bertz CT molecular complexity index is 989. The highest BCUT2D eigenvalue weighted by atomic mass is 32.2. The molecule has 5 atom stereocenters. The molecule has 1 saturated heterocycles. The van der Waals surface area contributed by atoms with Crippen molar-refractivity contribution >= 4 is 33.5 Å². The van der Waals surface area contributed by atoms with E-state index in [1.165, 1.54) is 4.90 Å². The quantitative estimate of drug-likeness (QED) is 0.352. The molecule has 5 unspecified atom stereocenters. The minimum absolute atomic E-state index is 0.0276. The first-order chi connectivity index (χ1) is 16.4. The molecule has 3 fully saturated rings. The van der Waals surface area contributed by atoms with Gasteiger partial charge in [0.15, 0.2) is 5.78 Å². The summed E-state index contributed by atoms with van der Waals surface area (Å²) in [6.07, 6.45) is 7.39. The van der Waals surface area contributed by atoms with Gasteiger partial charge in [0.05, 0.1) is 29.9 Å². The lowest BCUT2D eigenvalue weighted by Gasteiger charge is -2.25. The van der Waals surface area contributed by atoms with Crippen LogP contribution < -0.4 is 10.5 Å². The van der Waals surface area contributed by atoms with E-state index in [9.17, 15) is 27.6 Å². The van der Waals surface area contributed by atoms with Crippen LogP contribution in [0.25, 0.3) is 0 Å². The molecule has 1 heterocycles. The third-order valence-corrected chi connectivity index (χ3v) is 9.39. The number of rotatable bonds is 13. The summed E-state index contributed by atoms with van der Waals surface area (Å²) in [6.45, 7) is 5.39. The van der Waals surface area contributed by atoms with Gasteiger partial charge in [-0.25, -0.2) is 8.42 Å². The minimum Gasteiger partial charge on any atom is -0.375 e. The zero-order valence-electron chi connectivity index (χ0n) is 20.7. The number of likely N-dealkylation sites (tertiary alicyclic amines) is 1. The summed E-state index contributed by atoms with van der Waals surface area (Å²) in [5.41, 5.74) is 5.33. The molecule has 2 aliphatic carbocycles. The largest absolute Gasteiger partial charge is 0.375 e. The molecule has 0 aromatic carbocycles. The van der Waals surface area contributed by atoms with E-state index >= 15 is 0 Å². The van der Waals surface area contributed by atoms with E-state index < -0.39 is 32.6 Å². The van der Waals surface area contributed by atoms with Gasteiger partial charge < -0.3 is 15.4 Å². The molecule has 0 bridgehead atoms. The van der Waals surface area contributed by atoms with E-state index in [-0.39, 0.29) is 55.1 Å². The number of hydrogen-bond acceptors (Lipinski definition) is 7. The lowest BCUT2D eigenvalue weighted by Crippen LogP contribution is -2.44. The number of ether oxygens (including phenoxy) is 1. The lowest BCUT2D eigenvalue weighted by molar-refractivity contribution is -0.140. The van der Waals surface area contributed by atoms with Gasteiger partial charge in [0.25, 0.3) is 0 Å². The monoisotopic (exact) mass is 511 g/mol. The molecule has 0 aromatic heterocycles. The van der Waals surface area contributed by atoms with Crippen LogP contribution in [0.5, 0.6) is 0 Å². The van der Waals surface area contributed by atoms with Crippen molar-refractivity contribution in [2.75, 3.05) is 6.54 Å². The Morgan fingerprint density at radius 2 is 2.00 bits per heavy atom. The Morgan fingerprint density at radius 1 is 1.31 bits per heavy atom. The maximum atomic E-state index is 12.6. The number of nitrogens with zero attached hydrogens (tertiary/aromatic N) is 1. The van der Waals surface area contributed by atoms with Crippen molar-refractivity contribution in [1.29, 1.82) is 0 Å². The first-order valence-corrected chi connectivity index (χ1v) is 13.8. The van der Waals surface area contributed by atoms with Crippen molar-refractivity contribution < 1.29 is 32.3 Å². The normalized spacial score (nSPS) is 27.0. The van der Waals surface area contributed by atoms with Gasteiger partial charge in [0.1, 0.15) is 6.04 Å². The van der Waals surface area contributed by atoms with Crippen LogP contribution in [0.15, 0.2) is 12.2 Å². The van der Waals surface area contributed by atoms with Crippen molar-refractivity contribution in [1.82, 2.24) is 9.62 Å².